The van der Waals surface area contributed by atoms with E-state index in [0.717, 1.165) is 11.1 Å². The fraction of sp³-hybridized carbons (Fsp3) is 0.308. The van der Waals surface area contributed by atoms with E-state index in [2.05, 4.69) is 10.5 Å². The largest absolute Gasteiger partial charge is 0.496 e. The average Bonchev–Trinajstić information content (AvgIpc) is 3.27. The molecule has 1 aliphatic heterocycles. The van der Waals surface area contributed by atoms with Gasteiger partial charge in [0.05, 0.1) is 13.0 Å². The number of rotatable bonds is 8. The number of nitrogens with zero attached hydrogens (tertiary/aromatic N) is 2. The van der Waals surface area contributed by atoms with Crippen LogP contribution in [0.3, 0.4) is 0 Å². The summed E-state index contributed by atoms with van der Waals surface area (Å²) in [5.41, 5.74) is 2.06. The van der Waals surface area contributed by atoms with Crippen molar-refractivity contribution in [2.75, 3.05) is 20.2 Å². The molecule has 1 atom stereocenters. The highest BCUT2D eigenvalue weighted by Gasteiger charge is 2.36. The van der Waals surface area contributed by atoms with E-state index >= 15 is 0 Å². The van der Waals surface area contributed by atoms with Gasteiger partial charge in [-0.1, -0.05) is 59.8 Å². The fourth-order valence-electron chi connectivity index (χ4n) is 4.21. The Morgan fingerprint density at radius 1 is 1.17 bits per heavy atom. The maximum Gasteiger partial charge on any atom is 0.248 e. The van der Waals surface area contributed by atoms with Crippen LogP contribution in [0.5, 0.6) is 5.75 Å². The quantitative estimate of drug-likeness (QED) is 0.509. The molecule has 35 heavy (non-hydrogen) atoms. The Kier molecular flexibility index (Phi) is 7.67. The molecule has 1 saturated heterocycles. The summed E-state index contributed by atoms with van der Waals surface area (Å²) in [7, 11) is -2.32. The number of amides is 1. The van der Waals surface area contributed by atoms with Gasteiger partial charge < -0.3 is 14.6 Å². The van der Waals surface area contributed by atoms with Crippen LogP contribution in [-0.4, -0.2) is 44.0 Å². The fourth-order valence-corrected chi connectivity index (χ4v) is 5.99. The van der Waals surface area contributed by atoms with Gasteiger partial charge in [0.1, 0.15) is 11.4 Å². The second-order valence-electron chi connectivity index (χ2n) is 8.44. The molecule has 0 spiro atoms. The highest BCUT2D eigenvalue weighted by atomic mass is 32.2. The summed E-state index contributed by atoms with van der Waals surface area (Å²) in [5.74, 6) is 0.243. The summed E-state index contributed by atoms with van der Waals surface area (Å²) in [5, 5.41) is 6.83. The summed E-state index contributed by atoms with van der Waals surface area (Å²) in [6, 6.07) is 17.0. The molecule has 1 aromatic heterocycles. The number of para-hydroxylation sites is 1. The van der Waals surface area contributed by atoms with Gasteiger partial charge in [0, 0.05) is 25.2 Å². The summed E-state index contributed by atoms with van der Waals surface area (Å²) in [6.07, 6.45) is 4.60. The lowest BCUT2D eigenvalue weighted by atomic mass is 9.98. The number of aryl methyl sites for hydroxylation is 1. The van der Waals surface area contributed by atoms with Crippen LogP contribution in [0.2, 0.25) is 0 Å². The molecule has 9 heteroatoms. The molecule has 1 fully saturated rings. The molecule has 0 bridgehead atoms. The lowest BCUT2D eigenvalue weighted by molar-refractivity contribution is -0.126. The molecule has 3 aromatic rings. The van der Waals surface area contributed by atoms with E-state index in [-0.39, 0.29) is 23.1 Å². The third kappa shape index (κ3) is 5.63. The average molecular weight is 496 g/mol. The minimum Gasteiger partial charge on any atom is -0.496 e. The maximum atomic E-state index is 13.6. The van der Waals surface area contributed by atoms with Crippen LogP contribution in [0.15, 0.2) is 64.0 Å². The smallest absolute Gasteiger partial charge is 0.248 e. The number of nitrogens with one attached hydrogen (secondary N) is 1. The second-order valence-corrected chi connectivity index (χ2v) is 10.3. The summed E-state index contributed by atoms with van der Waals surface area (Å²) in [4.78, 5) is 12.9. The van der Waals surface area contributed by atoms with E-state index in [1.807, 2.05) is 54.6 Å². The van der Waals surface area contributed by atoms with E-state index in [1.165, 1.54) is 4.31 Å². The van der Waals surface area contributed by atoms with E-state index in [9.17, 15) is 13.2 Å². The maximum absolute atomic E-state index is 13.6. The standard InChI is InChI=1S/C26H29N3O5S/c1-19-25(24(34-28-19)15-14-20-9-4-3-5-10-20)35(31,32)29-16-8-12-22(18-29)26(30)27-17-21-11-6-7-13-23(21)33-2/h3-7,9-11,13-15,22H,8,12,16-18H2,1-2H3,(H,27,30)/b15-14+/t22-/m1/s1. The molecule has 1 N–H and O–H groups in total. The Morgan fingerprint density at radius 3 is 2.69 bits per heavy atom. The molecule has 0 aliphatic carbocycles. The highest BCUT2D eigenvalue weighted by molar-refractivity contribution is 7.89. The van der Waals surface area contributed by atoms with E-state index in [1.54, 1.807) is 26.2 Å². The lowest BCUT2D eigenvalue weighted by Gasteiger charge is -2.31. The molecule has 8 nitrogen and oxygen atoms in total. The van der Waals surface area contributed by atoms with Crippen molar-refractivity contribution in [3.63, 3.8) is 0 Å². The van der Waals surface area contributed by atoms with E-state index in [4.69, 9.17) is 9.26 Å². The van der Waals surface area contributed by atoms with Crippen LogP contribution in [0.1, 0.15) is 35.4 Å². The Labute approximate surface area is 205 Å². The molecule has 0 unspecified atom stereocenters. The molecular formula is C26H29N3O5S. The van der Waals surface area contributed by atoms with Gasteiger partial charge in [0.25, 0.3) is 0 Å². The molecule has 2 heterocycles. The number of benzene rings is 2. The molecular weight excluding hydrogens is 466 g/mol. The van der Waals surface area contributed by atoms with Crippen molar-refractivity contribution in [1.82, 2.24) is 14.8 Å². The number of piperidine rings is 1. The Morgan fingerprint density at radius 2 is 1.91 bits per heavy atom. The van der Waals surface area contributed by atoms with Gasteiger partial charge in [-0.05, 0) is 37.5 Å². The second kappa shape index (κ2) is 10.9. The third-order valence-electron chi connectivity index (χ3n) is 6.06. The molecule has 0 radical (unpaired) electrons. The van der Waals surface area contributed by atoms with E-state index < -0.39 is 15.9 Å². The SMILES string of the molecule is COc1ccccc1CNC(=O)[C@@H]1CCCN(S(=O)(=O)c2c(C)noc2/C=C/c2ccccc2)C1. The lowest BCUT2D eigenvalue weighted by Crippen LogP contribution is -2.45. The number of methoxy groups -OCH3 is 1. The molecule has 2 aromatic carbocycles. The van der Waals surface area contributed by atoms with Gasteiger partial charge >= 0.3 is 0 Å². The Bertz CT molecular complexity index is 1300. The zero-order valence-electron chi connectivity index (χ0n) is 19.8. The first-order valence-electron chi connectivity index (χ1n) is 11.5. The number of aromatic nitrogens is 1. The van der Waals surface area contributed by atoms with Crippen molar-refractivity contribution in [1.29, 1.82) is 0 Å². The number of ether oxygens (including phenoxy) is 1. The number of carbonyl (C=O) groups is 1. The van der Waals surface area contributed by atoms with Crippen LogP contribution >= 0.6 is 0 Å². The van der Waals surface area contributed by atoms with Crippen LogP contribution in [0.25, 0.3) is 12.2 Å². The van der Waals surface area contributed by atoms with Crippen LogP contribution in [-0.2, 0) is 21.4 Å². The van der Waals surface area contributed by atoms with Crippen molar-refractivity contribution in [3.05, 3.63) is 77.2 Å². The first kappa shape index (κ1) is 24.7. The van der Waals surface area contributed by atoms with Crippen LogP contribution in [0.4, 0.5) is 0 Å². The van der Waals surface area contributed by atoms with Gasteiger partial charge in [0.15, 0.2) is 10.7 Å². The first-order chi connectivity index (χ1) is 16.9. The molecule has 4 rings (SSSR count). The molecule has 184 valence electrons. The van der Waals surface area contributed by atoms with Crippen LogP contribution < -0.4 is 10.1 Å². The normalized spacial score (nSPS) is 16.9. The topological polar surface area (TPSA) is 102 Å². The summed E-state index contributed by atoms with van der Waals surface area (Å²) in [6.45, 7) is 2.36. The highest BCUT2D eigenvalue weighted by Crippen LogP contribution is 2.29. The van der Waals surface area contributed by atoms with Crippen molar-refractivity contribution in [2.24, 2.45) is 5.92 Å². The minimum atomic E-state index is -3.90. The van der Waals surface area contributed by atoms with Gasteiger partial charge in [-0.25, -0.2) is 8.42 Å². The van der Waals surface area contributed by atoms with Crippen molar-refractivity contribution < 1.29 is 22.5 Å². The molecule has 1 aliphatic rings. The summed E-state index contributed by atoms with van der Waals surface area (Å²) < 4.78 is 39.2. The minimum absolute atomic E-state index is 0.0414. The zero-order chi connectivity index (χ0) is 24.8. The van der Waals surface area contributed by atoms with Gasteiger partial charge in [-0.3, -0.25) is 4.79 Å². The first-order valence-corrected chi connectivity index (χ1v) is 12.9. The Balaban J connectivity index is 1.48. The number of hydrogen-bond donors (Lipinski definition) is 1. The molecule has 1 amide bonds. The van der Waals surface area contributed by atoms with Gasteiger partial charge in [-0.15, -0.1) is 0 Å². The van der Waals surface area contributed by atoms with Crippen molar-refractivity contribution >= 4 is 28.1 Å². The molecule has 0 saturated carbocycles. The van der Waals surface area contributed by atoms with E-state index in [0.29, 0.717) is 37.4 Å². The third-order valence-corrected chi connectivity index (χ3v) is 8.08. The number of hydrogen-bond acceptors (Lipinski definition) is 6. The summed E-state index contributed by atoms with van der Waals surface area (Å²) >= 11 is 0. The Hall–Kier alpha value is -3.43. The number of carbonyl (C=O) groups excluding carboxylic acids is 1. The van der Waals surface area contributed by atoms with Gasteiger partial charge in [-0.2, -0.15) is 4.31 Å². The predicted molar refractivity (Wildman–Crippen MR) is 133 cm³/mol. The zero-order valence-corrected chi connectivity index (χ0v) is 20.6. The van der Waals surface area contributed by atoms with Crippen LogP contribution in [0, 0.1) is 12.8 Å². The predicted octanol–water partition coefficient (Wildman–Crippen LogP) is 3.88. The monoisotopic (exact) mass is 495 g/mol. The number of sulfonamides is 1. The van der Waals surface area contributed by atoms with Crippen molar-refractivity contribution in [2.45, 2.75) is 31.2 Å². The van der Waals surface area contributed by atoms with Gasteiger partial charge in [0.2, 0.25) is 15.9 Å². The van der Waals surface area contributed by atoms with Crippen molar-refractivity contribution in [3.8, 4) is 5.75 Å².